The highest BCUT2D eigenvalue weighted by Gasteiger charge is 2.32. The van der Waals surface area contributed by atoms with Crippen molar-refractivity contribution in [1.82, 2.24) is 8.61 Å². The molecular formula is C16H24N4O7S2. The number of hydrogen-bond donors (Lipinski definition) is 0. The molecule has 0 N–H and O–H groups in total. The highest BCUT2D eigenvalue weighted by molar-refractivity contribution is 7.89. The predicted octanol–water partition coefficient (Wildman–Crippen LogP) is 0.0874. The molecule has 29 heavy (non-hydrogen) atoms. The van der Waals surface area contributed by atoms with Gasteiger partial charge in [-0.05, 0) is 19.1 Å². The summed E-state index contributed by atoms with van der Waals surface area (Å²) in [5.41, 5.74) is -0.0318. The fourth-order valence-electron chi connectivity index (χ4n) is 3.40. The topological polar surface area (TPSA) is 130 Å². The van der Waals surface area contributed by atoms with Crippen LogP contribution >= 0.6 is 0 Å². The zero-order chi connectivity index (χ0) is 21.2. The summed E-state index contributed by atoms with van der Waals surface area (Å²) in [6.07, 6.45) is 0. The summed E-state index contributed by atoms with van der Waals surface area (Å²) in [5, 5.41) is 11.6. The van der Waals surface area contributed by atoms with E-state index in [4.69, 9.17) is 4.74 Å². The van der Waals surface area contributed by atoms with Crippen LogP contribution in [0.15, 0.2) is 23.1 Å². The van der Waals surface area contributed by atoms with Crippen LogP contribution in [0, 0.1) is 10.1 Å². The number of nitrogens with zero attached hydrogens (tertiary/aromatic N) is 4. The van der Waals surface area contributed by atoms with Crippen molar-refractivity contribution in [1.29, 1.82) is 0 Å². The third-order valence-electron chi connectivity index (χ3n) is 5.09. The Bertz CT molecular complexity index is 967. The van der Waals surface area contributed by atoms with Crippen molar-refractivity contribution < 1.29 is 26.5 Å². The van der Waals surface area contributed by atoms with E-state index in [1.165, 1.54) is 20.7 Å². The molecule has 0 saturated carbocycles. The van der Waals surface area contributed by atoms with Gasteiger partial charge in [0.25, 0.3) is 5.69 Å². The Morgan fingerprint density at radius 2 is 1.62 bits per heavy atom. The Hall–Kier alpha value is -1.80. The lowest BCUT2D eigenvalue weighted by atomic mass is 10.2. The van der Waals surface area contributed by atoms with E-state index in [0.29, 0.717) is 0 Å². The standard InChI is InChI=1S/C16H24N4O7S2/c1-2-28(23,24)18-7-5-17(6-8-18)15-4-3-14(13-16(15)20(21)22)29(25,26)19-9-11-27-12-10-19/h3-4,13H,2,5-12H2,1H3. The van der Waals surface area contributed by atoms with Gasteiger partial charge in [0.15, 0.2) is 0 Å². The van der Waals surface area contributed by atoms with Crippen molar-refractivity contribution in [2.24, 2.45) is 0 Å². The number of piperazine rings is 1. The van der Waals surface area contributed by atoms with E-state index in [-0.39, 0.29) is 74.5 Å². The molecular weight excluding hydrogens is 424 g/mol. The van der Waals surface area contributed by atoms with E-state index < -0.39 is 25.0 Å². The second-order valence-electron chi connectivity index (χ2n) is 6.71. The van der Waals surface area contributed by atoms with Crippen molar-refractivity contribution in [2.75, 3.05) is 63.1 Å². The van der Waals surface area contributed by atoms with Gasteiger partial charge in [0.1, 0.15) is 5.69 Å². The summed E-state index contributed by atoms with van der Waals surface area (Å²) in [4.78, 5) is 12.6. The maximum atomic E-state index is 12.8. The van der Waals surface area contributed by atoms with Crippen LogP contribution in [0.1, 0.15) is 6.92 Å². The molecule has 2 aliphatic rings. The van der Waals surface area contributed by atoms with Crippen LogP contribution in [0.25, 0.3) is 0 Å². The molecule has 11 nitrogen and oxygen atoms in total. The molecule has 2 fully saturated rings. The first-order valence-electron chi connectivity index (χ1n) is 9.26. The maximum absolute atomic E-state index is 12.8. The summed E-state index contributed by atoms with van der Waals surface area (Å²) in [7, 11) is -7.17. The number of sulfonamides is 2. The monoisotopic (exact) mass is 448 g/mol. The van der Waals surface area contributed by atoms with Crippen molar-refractivity contribution in [2.45, 2.75) is 11.8 Å². The molecule has 2 aliphatic heterocycles. The molecule has 0 amide bonds. The number of benzene rings is 1. The van der Waals surface area contributed by atoms with E-state index in [9.17, 15) is 26.9 Å². The minimum Gasteiger partial charge on any atom is -0.379 e. The number of rotatable bonds is 6. The zero-order valence-corrected chi connectivity index (χ0v) is 17.7. The molecule has 0 radical (unpaired) electrons. The second-order valence-corrected chi connectivity index (χ2v) is 10.9. The number of morpholine rings is 1. The lowest BCUT2D eigenvalue weighted by Crippen LogP contribution is -2.49. The lowest BCUT2D eigenvalue weighted by molar-refractivity contribution is -0.384. The highest BCUT2D eigenvalue weighted by Crippen LogP contribution is 2.32. The van der Waals surface area contributed by atoms with Crippen LogP contribution in [0.4, 0.5) is 11.4 Å². The molecule has 2 heterocycles. The molecule has 0 aromatic heterocycles. The van der Waals surface area contributed by atoms with Crippen LogP contribution in [0.5, 0.6) is 0 Å². The largest absolute Gasteiger partial charge is 0.379 e. The van der Waals surface area contributed by atoms with Crippen LogP contribution < -0.4 is 4.90 Å². The molecule has 1 aromatic rings. The van der Waals surface area contributed by atoms with E-state index in [0.717, 1.165) is 6.07 Å². The lowest BCUT2D eigenvalue weighted by Gasteiger charge is -2.35. The Kier molecular flexibility index (Phi) is 6.43. The number of nitro groups is 1. The molecule has 2 saturated heterocycles. The smallest absolute Gasteiger partial charge is 0.293 e. The van der Waals surface area contributed by atoms with E-state index >= 15 is 0 Å². The number of ether oxygens (including phenoxy) is 1. The highest BCUT2D eigenvalue weighted by atomic mass is 32.2. The fraction of sp³-hybridized carbons (Fsp3) is 0.625. The Balaban J connectivity index is 1.85. The number of hydrogen-bond acceptors (Lipinski definition) is 8. The summed E-state index contributed by atoms with van der Waals surface area (Å²) < 4.78 is 57.4. The van der Waals surface area contributed by atoms with Crippen LogP contribution in [0.2, 0.25) is 0 Å². The van der Waals surface area contributed by atoms with Crippen LogP contribution in [-0.4, -0.2) is 88.6 Å². The first kappa shape index (κ1) is 21.9. The SMILES string of the molecule is CCS(=O)(=O)N1CCN(c2ccc(S(=O)(=O)N3CCOCC3)cc2[N+](=O)[O-])CC1. The van der Waals surface area contributed by atoms with Gasteiger partial charge in [0.05, 0.1) is 28.8 Å². The Labute approximate surface area is 170 Å². The van der Waals surface area contributed by atoms with Gasteiger partial charge in [0, 0.05) is 45.3 Å². The van der Waals surface area contributed by atoms with Crippen LogP contribution in [-0.2, 0) is 24.8 Å². The summed E-state index contributed by atoms with van der Waals surface area (Å²) in [6, 6.07) is 3.87. The third-order valence-corrected chi connectivity index (χ3v) is 8.87. The number of nitro benzene ring substituents is 1. The Morgan fingerprint density at radius 1 is 1.00 bits per heavy atom. The molecule has 0 unspecified atom stereocenters. The van der Waals surface area contributed by atoms with Gasteiger partial charge >= 0.3 is 0 Å². The molecule has 0 atom stereocenters. The minimum atomic E-state index is -3.85. The molecule has 1 aromatic carbocycles. The van der Waals surface area contributed by atoms with Crippen LogP contribution in [0.3, 0.4) is 0 Å². The van der Waals surface area contributed by atoms with Gasteiger partial charge in [-0.1, -0.05) is 0 Å². The molecule has 13 heteroatoms. The third kappa shape index (κ3) is 4.53. The summed E-state index contributed by atoms with van der Waals surface area (Å²) >= 11 is 0. The first-order valence-corrected chi connectivity index (χ1v) is 12.3. The second kappa shape index (κ2) is 8.52. The van der Waals surface area contributed by atoms with Crippen molar-refractivity contribution in [3.05, 3.63) is 28.3 Å². The van der Waals surface area contributed by atoms with E-state index in [1.807, 2.05) is 0 Å². The van der Waals surface area contributed by atoms with Gasteiger partial charge < -0.3 is 9.64 Å². The fourth-order valence-corrected chi connectivity index (χ4v) is 5.92. The van der Waals surface area contributed by atoms with Gasteiger partial charge in [-0.15, -0.1) is 0 Å². The van der Waals surface area contributed by atoms with Gasteiger partial charge in [-0.2, -0.15) is 8.61 Å². The quantitative estimate of drug-likeness (QED) is 0.442. The molecule has 0 bridgehead atoms. The average molecular weight is 449 g/mol. The average Bonchev–Trinajstić information content (AvgIpc) is 2.74. The maximum Gasteiger partial charge on any atom is 0.293 e. The first-order chi connectivity index (χ1) is 13.7. The van der Waals surface area contributed by atoms with Crippen molar-refractivity contribution in [3.8, 4) is 0 Å². The number of anilines is 1. The Morgan fingerprint density at radius 3 is 2.17 bits per heavy atom. The van der Waals surface area contributed by atoms with Gasteiger partial charge in [0.2, 0.25) is 20.0 Å². The summed E-state index contributed by atoms with van der Waals surface area (Å²) in [6.45, 7) is 3.56. The van der Waals surface area contributed by atoms with E-state index in [2.05, 4.69) is 0 Å². The van der Waals surface area contributed by atoms with E-state index in [1.54, 1.807) is 11.8 Å². The van der Waals surface area contributed by atoms with Crippen molar-refractivity contribution in [3.63, 3.8) is 0 Å². The minimum absolute atomic E-state index is 0.00123. The molecule has 3 rings (SSSR count). The van der Waals surface area contributed by atoms with Crippen molar-refractivity contribution >= 4 is 31.4 Å². The normalized spacial score (nSPS) is 20.0. The molecule has 162 valence electrons. The zero-order valence-electron chi connectivity index (χ0n) is 16.1. The summed E-state index contributed by atoms with van der Waals surface area (Å²) in [5.74, 6) is 0.00123. The molecule has 0 aliphatic carbocycles. The van der Waals surface area contributed by atoms with Gasteiger partial charge in [-0.3, -0.25) is 10.1 Å². The molecule has 0 spiro atoms. The van der Waals surface area contributed by atoms with Gasteiger partial charge in [-0.25, -0.2) is 16.8 Å². The predicted molar refractivity (Wildman–Crippen MR) is 106 cm³/mol.